The molecule has 4 nitrogen and oxygen atoms in total. The normalized spacial score (nSPS) is 12.9. The van der Waals surface area contributed by atoms with Crippen molar-refractivity contribution in [3.63, 3.8) is 0 Å². The van der Waals surface area contributed by atoms with Crippen LogP contribution in [-0.2, 0) is 11.3 Å². The molecular formula is C13H14FNO3. The van der Waals surface area contributed by atoms with Gasteiger partial charge in [-0.25, -0.2) is 9.18 Å². The Labute approximate surface area is 103 Å². The summed E-state index contributed by atoms with van der Waals surface area (Å²) in [6.07, 6.45) is -1.64. The van der Waals surface area contributed by atoms with Crippen molar-refractivity contribution in [2.24, 2.45) is 0 Å². The third kappa shape index (κ3) is 1.76. The van der Waals surface area contributed by atoms with Crippen LogP contribution in [0.5, 0.6) is 0 Å². The van der Waals surface area contributed by atoms with Gasteiger partial charge in [0.1, 0.15) is 5.82 Å². The summed E-state index contributed by atoms with van der Waals surface area (Å²) < 4.78 is 15.1. The second-order valence-electron chi connectivity index (χ2n) is 4.15. The molecule has 0 radical (unpaired) electrons. The number of halogens is 1. The predicted octanol–water partition coefficient (Wildman–Crippen LogP) is 2.23. The number of aliphatic hydroxyl groups excluding tert-OH is 1. The van der Waals surface area contributed by atoms with Crippen molar-refractivity contribution in [3.05, 3.63) is 35.3 Å². The van der Waals surface area contributed by atoms with Crippen LogP contribution in [0.1, 0.15) is 24.3 Å². The van der Waals surface area contributed by atoms with Crippen LogP contribution in [-0.4, -0.2) is 20.7 Å². The fraction of sp³-hybridized carbons (Fsp3) is 0.308. The molecule has 18 heavy (non-hydrogen) atoms. The van der Waals surface area contributed by atoms with Crippen LogP contribution in [0.4, 0.5) is 4.39 Å². The van der Waals surface area contributed by atoms with Crippen LogP contribution in [0.3, 0.4) is 0 Å². The van der Waals surface area contributed by atoms with E-state index in [-0.39, 0.29) is 5.56 Å². The summed E-state index contributed by atoms with van der Waals surface area (Å²) in [5.41, 5.74) is 1.64. The summed E-state index contributed by atoms with van der Waals surface area (Å²) in [5, 5.41) is 19.1. The molecule has 1 atom stereocenters. The Balaban J connectivity index is 2.82. The Hall–Kier alpha value is -1.88. The number of aromatic nitrogens is 1. The van der Waals surface area contributed by atoms with E-state index in [1.54, 1.807) is 13.0 Å². The molecule has 1 unspecified atom stereocenters. The smallest absolute Gasteiger partial charge is 0.337 e. The molecule has 0 aliphatic rings. The van der Waals surface area contributed by atoms with E-state index in [0.717, 1.165) is 5.52 Å². The Morgan fingerprint density at radius 3 is 2.72 bits per heavy atom. The van der Waals surface area contributed by atoms with Crippen molar-refractivity contribution in [2.75, 3.05) is 0 Å². The second-order valence-corrected chi connectivity index (χ2v) is 4.15. The zero-order chi connectivity index (χ0) is 13.4. The van der Waals surface area contributed by atoms with Gasteiger partial charge in [0.15, 0.2) is 6.10 Å². The minimum Gasteiger partial charge on any atom is -0.479 e. The van der Waals surface area contributed by atoms with Crippen LogP contribution in [0.15, 0.2) is 18.2 Å². The molecule has 1 aromatic carbocycles. The molecule has 0 bridgehead atoms. The molecule has 2 aromatic rings. The van der Waals surface area contributed by atoms with E-state index in [2.05, 4.69) is 0 Å². The van der Waals surface area contributed by atoms with Crippen molar-refractivity contribution in [2.45, 2.75) is 26.5 Å². The molecule has 0 fully saturated rings. The molecule has 2 N–H and O–H groups in total. The number of carboxylic acid groups (broad SMARTS) is 1. The summed E-state index contributed by atoms with van der Waals surface area (Å²) >= 11 is 0. The minimum atomic E-state index is -1.64. The maximum Gasteiger partial charge on any atom is 0.337 e. The molecule has 0 amide bonds. The quantitative estimate of drug-likeness (QED) is 0.879. The van der Waals surface area contributed by atoms with Crippen LogP contribution < -0.4 is 0 Å². The van der Waals surface area contributed by atoms with Crippen molar-refractivity contribution >= 4 is 16.9 Å². The fourth-order valence-electron chi connectivity index (χ4n) is 2.36. The maximum absolute atomic E-state index is 13.3. The molecule has 1 aromatic heterocycles. The fourth-order valence-corrected chi connectivity index (χ4v) is 2.36. The topological polar surface area (TPSA) is 62.5 Å². The number of aliphatic hydroxyl groups is 1. The molecule has 0 aliphatic carbocycles. The number of carboxylic acids is 1. The van der Waals surface area contributed by atoms with E-state index in [4.69, 9.17) is 5.11 Å². The molecular weight excluding hydrogens is 237 g/mol. The Bertz CT molecular complexity index is 618. The lowest BCUT2D eigenvalue weighted by Crippen LogP contribution is -2.12. The Kier molecular flexibility index (Phi) is 3.09. The average Bonchev–Trinajstić information content (AvgIpc) is 2.59. The summed E-state index contributed by atoms with van der Waals surface area (Å²) in [6.45, 7) is 4.26. The van der Waals surface area contributed by atoms with Gasteiger partial charge in [-0.15, -0.1) is 0 Å². The highest BCUT2D eigenvalue weighted by Crippen LogP contribution is 2.31. The summed E-state index contributed by atoms with van der Waals surface area (Å²) in [5.74, 6) is -1.79. The van der Waals surface area contributed by atoms with Gasteiger partial charge in [-0.2, -0.15) is 0 Å². The lowest BCUT2D eigenvalue weighted by molar-refractivity contribution is -0.146. The summed E-state index contributed by atoms with van der Waals surface area (Å²) in [6, 6.07) is 4.18. The summed E-state index contributed by atoms with van der Waals surface area (Å²) in [7, 11) is 0. The molecule has 1 heterocycles. The monoisotopic (exact) mass is 251 g/mol. The van der Waals surface area contributed by atoms with Gasteiger partial charge in [0.2, 0.25) is 0 Å². The van der Waals surface area contributed by atoms with Crippen molar-refractivity contribution < 1.29 is 19.4 Å². The van der Waals surface area contributed by atoms with Gasteiger partial charge in [0.25, 0.3) is 0 Å². The Morgan fingerprint density at radius 1 is 1.50 bits per heavy atom. The molecule has 2 rings (SSSR count). The number of aliphatic carboxylic acids is 1. The van der Waals surface area contributed by atoms with Gasteiger partial charge in [-0.1, -0.05) is 0 Å². The predicted molar refractivity (Wildman–Crippen MR) is 64.9 cm³/mol. The number of rotatable bonds is 3. The summed E-state index contributed by atoms with van der Waals surface area (Å²) in [4.78, 5) is 10.9. The van der Waals surface area contributed by atoms with E-state index in [0.29, 0.717) is 17.6 Å². The SMILES string of the molecule is CCn1c(C)c(C(O)C(=O)O)c2cc(F)ccc21. The number of benzene rings is 1. The maximum atomic E-state index is 13.3. The van der Waals surface area contributed by atoms with Crippen LogP contribution >= 0.6 is 0 Å². The number of fused-ring (bicyclic) bond motifs is 1. The van der Waals surface area contributed by atoms with E-state index in [9.17, 15) is 14.3 Å². The number of aryl methyl sites for hydroxylation is 1. The van der Waals surface area contributed by atoms with Crippen molar-refractivity contribution in [3.8, 4) is 0 Å². The highest BCUT2D eigenvalue weighted by molar-refractivity contribution is 5.90. The zero-order valence-electron chi connectivity index (χ0n) is 10.1. The van der Waals surface area contributed by atoms with Crippen LogP contribution in [0.2, 0.25) is 0 Å². The van der Waals surface area contributed by atoms with Gasteiger partial charge in [-0.3, -0.25) is 0 Å². The largest absolute Gasteiger partial charge is 0.479 e. The standard InChI is InChI=1S/C13H14FNO3/c1-3-15-7(2)11(12(16)13(17)18)9-6-8(14)4-5-10(9)15/h4-6,12,16H,3H2,1-2H3,(H,17,18). The number of hydrogen-bond acceptors (Lipinski definition) is 2. The number of nitrogens with zero attached hydrogens (tertiary/aromatic N) is 1. The van der Waals surface area contributed by atoms with Crippen molar-refractivity contribution in [1.29, 1.82) is 0 Å². The van der Waals surface area contributed by atoms with E-state index in [1.165, 1.54) is 12.1 Å². The molecule has 5 heteroatoms. The highest BCUT2D eigenvalue weighted by atomic mass is 19.1. The molecule has 0 spiro atoms. The van der Waals surface area contributed by atoms with Crippen LogP contribution in [0.25, 0.3) is 10.9 Å². The second kappa shape index (κ2) is 4.42. The molecule has 0 saturated heterocycles. The van der Waals surface area contributed by atoms with Gasteiger partial charge < -0.3 is 14.8 Å². The average molecular weight is 251 g/mol. The molecule has 0 aliphatic heterocycles. The van der Waals surface area contributed by atoms with E-state index < -0.39 is 17.9 Å². The first-order valence-electron chi connectivity index (χ1n) is 5.66. The van der Waals surface area contributed by atoms with E-state index >= 15 is 0 Å². The lowest BCUT2D eigenvalue weighted by atomic mass is 10.1. The first-order valence-corrected chi connectivity index (χ1v) is 5.66. The zero-order valence-corrected chi connectivity index (χ0v) is 10.1. The number of hydrogen-bond donors (Lipinski definition) is 2. The first-order chi connectivity index (χ1) is 8.47. The third-order valence-corrected chi connectivity index (χ3v) is 3.16. The van der Waals surface area contributed by atoms with Crippen molar-refractivity contribution in [1.82, 2.24) is 4.57 Å². The third-order valence-electron chi connectivity index (χ3n) is 3.16. The highest BCUT2D eigenvalue weighted by Gasteiger charge is 2.24. The van der Waals surface area contributed by atoms with Gasteiger partial charge in [0, 0.05) is 28.7 Å². The minimum absolute atomic E-state index is 0.263. The van der Waals surface area contributed by atoms with Gasteiger partial charge in [0.05, 0.1) is 0 Å². The molecule has 96 valence electrons. The Morgan fingerprint density at radius 2 is 2.17 bits per heavy atom. The van der Waals surface area contributed by atoms with Crippen LogP contribution in [0, 0.1) is 12.7 Å². The van der Waals surface area contributed by atoms with Gasteiger partial charge >= 0.3 is 5.97 Å². The first kappa shape index (κ1) is 12.6. The van der Waals surface area contributed by atoms with E-state index in [1.807, 2.05) is 11.5 Å². The molecule has 0 saturated carbocycles. The lowest BCUT2D eigenvalue weighted by Gasteiger charge is -2.07. The van der Waals surface area contributed by atoms with Gasteiger partial charge in [-0.05, 0) is 32.0 Å². The number of carbonyl (C=O) groups is 1.